The third kappa shape index (κ3) is 3.73. The Morgan fingerprint density at radius 3 is 2.68 bits per heavy atom. The number of aromatic nitrogens is 3. The molecule has 0 atom stereocenters. The number of rotatable bonds is 7. The summed E-state index contributed by atoms with van der Waals surface area (Å²) in [6.45, 7) is 0.867. The fourth-order valence-corrected chi connectivity index (χ4v) is 4.24. The molecule has 1 aliphatic carbocycles. The number of hydrogen-bond donors (Lipinski definition) is 3. The van der Waals surface area contributed by atoms with Crippen molar-refractivity contribution in [2.24, 2.45) is 0 Å². The van der Waals surface area contributed by atoms with E-state index in [0.717, 1.165) is 19.0 Å². The molecule has 1 aromatic carbocycles. The van der Waals surface area contributed by atoms with Crippen molar-refractivity contribution in [2.75, 3.05) is 17.6 Å². The van der Waals surface area contributed by atoms with Crippen LogP contribution < -0.4 is 16.5 Å². The number of nitrogens with one attached hydrogen (secondary N) is 1. The molecule has 0 aliphatic heterocycles. The number of hydrogen-bond acceptors (Lipinski definition) is 5. The number of carboxylic acid groups (broad SMARTS) is 1. The summed E-state index contributed by atoms with van der Waals surface area (Å²) in [5, 5.41) is 11.8. The summed E-state index contributed by atoms with van der Waals surface area (Å²) in [7, 11) is 0. The fourth-order valence-electron chi connectivity index (χ4n) is 4.24. The van der Waals surface area contributed by atoms with Crippen molar-refractivity contribution in [2.45, 2.75) is 44.7 Å². The lowest BCUT2D eigenvalue weighted by atomic mass is 10.1. The van der Waals surface area contributed by atoms with E-state index in [9.17, 15) is 19.1 Å². The normalized spacial score (nSPS) is 14.4. The maximum absolute atomic E-state index is 15.6. The maximum atomic E-state index is 15.6. The summed E-state index contributed by atoms with van der Waals surface area (Å²) in [5.41, 5.74) is 3.25. The minimum absolute atomic E-state index is 0.155. The summed E-state index contributed by atoms with van der Waals surface area (Å²) in [6, 6.07) is -0.186. The quantitative estimate of drug-likeness (QED) is 0.390. The maximum Gasteiger partial charge on any atom is 0.341 e. The van der Waals surface area contributed by atoms with Crippen LogP contribution in [0.1, 0.15) is 48.5 Å². The standard InChI is InChI=1S/C21H23F2N5O3/c22-15-17(24)14-19(16(23)18(15)26-6-3-8-27-9-7-25-11-27)28(12-4-1-2-5-12)10-13(20(14)29)21(30)31/h7,9-12,26H,1-6,8,24H2,(H,30,31). The zero-order valence-corrected chi connectivity index (χ0v) is 16.8. The predicted octanol–water partition coefficient (Wildman–Crippen LogP) is 3.37. The smallest absolute Gasteiger partial charge is 0.341 e. The average Bonchev–Trinajstić information content (AvgIpc) is 3.45. The first-order valence-corrected chi connectivity index (χ1v) is 10.2. The molecule has 164 valence electrons. The van der Waals surface area contributed by atoms with Crippen molar-refractivity contribution < 1.29 is 18.7 Å². The lowest BCUT2D eigenvalue weighted by molar-refractivity contribution is 0.0694. The van der Waals surface area contributed by atoms with Gasteiger partial charge in [0.05, 0.1) is 22.9 Å². The molecule has 4 rings (SSSR count). The molecule has 0 saturated heterocycles. The minimum Gasteiger partial charge on any atom is -0.477 e. The second kappa shape index (κ2) is 8.37. The molecule has 0 bridgehead atoms. The van der Waals surface area contributed by atoms with Gasteiger partial charge >= 0.3 is 5.97 Å². The van der Waals surface area contributed by atoms with E-state index in [0.29, 0.717) is 25.8 Å². The molecule has 0 unspecified atom stereocenters. The molecule has 31 heavy (non-hydrogen) atoms. The second-order valence-corrected chi connectivity index (χ2v) is 7.74. The molecular weight excluding hydrogens is 408 g/mol. The van der Waals surface area contributed by atoms with Crippen LogP contribution in [-0.2, 0) is 6.54 Å². The number of nitrogens with two attached hydrogens (primary N) is 1. The van der Waals surface area contributed by atoms with Crippen LogP contribution in [0, 0.1) is 11.6 Å². The van der Waals surface area contributed by atoms with E-state index in [4.69, 9.17) is 5.73 Å². The highest BCUT2D eigenvalue weighted by molar-refractivity contribution is 5.99. The predicted molar refractivity (Wildman–Crippen MR) is 112 cm³/mol. The molecule has 1 fully saturated rings. The number of halogens is 2. The number of imidazole rings is 1. The Labute approximate surface area is 176 Å². The summed E-state index contributed by atoms with van der Waals surface area (Å²) < 4.78 is 33.8. The summed E-state index contributed by atoms with van der Waals surface area (Å²) in [6.07, 6.45) is 10.0. The Kier molecular flexibility index (Phi) is 5.62. The third-order valence-electron chi connectivity index (χ3n) is 5.79. The lowest BCUT2D eigenvalue weighted by Crippen LogP contribution is -2.23. The van der Waals surface area contributed by atoms with Crippen LogP contribution >= 0.6 is 0 Å². The van der Waals surface area contributed by atoms with Gasteiger partial charge in [0, 0.05) is 37.7 Å². The highest BCUT2D eigenvalue weighted by atomic mass is 19.1. The van der Waals surface area contributed by atoms with Crippen molar-refractivity contribution in [3.63, 3.8) is 0 Å². The number of fused-ring (bicyclic) bond motifs is 1. The van der Waals surface area contributed by atoms with Crippen molar-refractivity contribution in [3.05, 3.63) is 52.3 Å². The molecule has 10 heteroatoms. The Hall–Kier alpha value is -3.43. The van der Waals surface area contributed by atoms with E-state index < -0.39 is 45.4 Å². The zero-order valence-electron chi connectivity index (χ0n) is 16.8. The number of benzene rings is 1. The molecule has 3 aromatic rings. The minimum atomic E-state index is -1.46. The van der Waals surface area contributed by atoms with Crippen LogP contribution in [0.4, 0.5) is 20.2 Å². The van der Waals surface area contributed by atoms with Gasteiger partial charge in [0.1, 0.15) is 11.3 Å². The van der Waals surface area contributed by atoms with E-state index >= 15 is 4.39 Å². The number of pyridine rings is 1. The highest BCUT2D eigenvalue weighted by Crippen LogP contribution is 2.37. The van der Waals surface area contributed by atoms with Gasteiger partial charge in [0.2, 0.25) is 5.43 Å². The van der Waals surface area contributed by atoms with Crippen molar-refractivity contribution >= 4 is 28.2 Å². The van der Waals surface area contributed by atoms with Crippen LogP contribution in [-0.4, -0.2) is 31.7 Å². The number of carbonyl (C=O) groups is 1. The average molecular weight is 431 g/mol. The Bertz CT molecular complexity index is 1180. The largest absolute Gasteiger partial charge is 0.477 e. The van der Waals surface area contributed by atoms with Crippen molar-refractivity contribution in [1.82, 2.24) is 14.1 Å². The molecular formula is C21H23F2N5O3. The molecule has 1 saturated carbocycles. The molecule has 0 radical (unpaired) electrons. The molecule has 2 aromatic heterocycles. The van der Waals surface area contributed by atoms with E-state index in [2.05, 4.69) is 10.3 Å². The number of aryl methyl sites for hydroxylation is 1. The monoisotopic (exact) mass is 431 g/mol. The lowest BCUT2D eigenvalue weighted by Gasteiger charge is -2.22. The van der Waals surface area contributed by atoms with Gasteiger partial charge in [-0.05, 0) is 19.3 Å². The summed E-state index contributed by atoms with van der Waals surface area (Å²) >= 11 is 0. The van der Waals surface area contributed by atoms with Gasteiger partial charge in [0.15, 0.2) is 11.6 Å². The van der Waals surface area contributed by atoms with E-state index in [1.54, 1.807) is 18.7 Å². The molecule has 2 heterocycles. The van der Waals surface area contributed by atoms with E-state index in [-0.39, 0.29) is 18.1 Å². The molecule has 8 nitrogen and oxygen atoms in total. The number of nitrogen functional groups attached to an aromatic ring is 1. The molecule has 0 spiro atoms. The summed E-state index contributed by atoms with van der Waals surface area (Å²) in [4.78, 5) is 28.3. The number of anilines is 2. The summed E-state index contributed by atoms with van der Waals surface area (Å²) in [5.74, 6) is -3.49. The van der Waals surface area contributed by atoms with Gasteiger partial charge in [0.25, 0.3) is 0 Å². The van der Waals surface area contributed by atoms with Gasteiger partial charge in [-0.15, -0.1) is 0 Å². The van der Waals surface area contributed by atoms with E-state index in [1.165, 1.54) is 4.57 Å². The van der Waals surface area contributed by atoms with Crippen molar-refractivity contribution in [1.29, 1.82) is 0 Å². The van der Waals surface area contributed by atoms with Gasteiger partial charge in [-0.2, -0.15) is 0 Å². The topological polar surface area (TPSA) is 115 Å². The molecule has 1 aliphatic rings. The Morgan fingerprint density at radius 1 is 1.29 bits per heavy atom. The third-order valence-corrected chi connectivity index (χ3v) is 5.79. The van der Waals surface area contributed by atoms with Gasteiger partial charge < -0.3 is 25.3 Å². The van der Waals surface area contributed by atoms with Crippen LogP contribution in [0.3, 0.4) is 0 Å². The Morgan fingerprint density at radius 2 is 2.03 bits per heavy atom. The fraction of sp³-hybridized carbons (Fsp3) is 0.381. The molecule has 4 N–H and O–H groups in total. The van der Waals surface area contributed by atoms with Gasteiger partial charge in [-0.3, -0.25) is 4.79 Å². The van der Waals surface area contributed by atoms with Crippen LogP contribution in [0.5, 0.6) is 0 Å². The first kappa shape index (κ1) is 20.8. The van der Waals surface area contributed by atoms with E-state index in [1.807, 2.05) is 4.57 Å². The van der Waals surface area contributed by atoms with Gasteiger partial charge in [-0.1, -0.05) is 12.8 Å². The highest BCUT2D eigenvalue weighted by Gasteiger charge is 2.28. The number of carboxylic acids is 1. The van der Waals surface area contributed by atoms with Crippen LogP contribution in [0.15, 0.2) is 29.7 Å². The van der Waals surface area contributed by atoms with Crippen LogP contribution in [0.2, 0.25) is 0 Å². The van der Waals surface area contributed by atoms with Gasteiger partial charge in [-0.25, -0.2) is 18.6 Å². The molecule has 0 amide bonds. The first-order valence-electron chi connectivity index (χ1n) is 10.2. The zero-order chi connectivity index (χ0) is 22.1. The van der Waals surface area contributed by atoms with Crippen LogP contribution in [0.25, 0.3) is 10.9 Å². The second-order valence-electron chi connectivity index (χ2n) is 7.74. The van der Waals surface area contributed by atoms with Crippen molar-refractivity contribution in [3.8, 4) is 0 Å². The number of aromatic carboxylic acids is 1. The first-order chi connectivity index (χ1) is 14.9. The number of nitrogens with zero attached hydrogens (tertiary/aromatic N) is 3. The Balaban J connectivity index is 1.79. The SMILES string of the molecule is Nc1c(F)c(NCCCn2ccnc2)c(F)c2c1c(=O)c(C(=O)O)cn2C1CCCC1.